The summed E-state index contributed by atoms with van der Waals surface area (Å²) in [7, 11) is 0. The van der Waals surface area contributed by atoms with E-state index in [1.165, 1.54) is 17.4 Å². The van der Waals surface area contributed by atoms with Gasteiger partial charge < -0.3 is 9.15 Å². The van der Waals surface area contributed by atoms with Gasteiger partial charge in [-0.3, -0.25) is 4.79 Å². The fourth-order valence-corrected chi connectivity index (χ4v) is 4.58. The first-order valence-electron chi connectivity index (χ1n) is 9.19. The van der Waals surface area contributed by atoms with Crippen molar-refractivity contribution in [3.8, 4) is 5.75 Å². The highest BCUT2D eigenvalue weighted by Crippen LogP contribution is 2.32. The molecule has 0 radical (unpaired) electrons. The van der Waals surface area contributed by atoms with Gasteiger partial charge in [-0.2, -0.15) is 0 Å². The van der Waals surface area contributed by atoms with E-state index < -0.39 is 0 Å². The van der Waals surface area contributed by atoms with Crippen molar-refractivity contribution >= 4 is 38.2 Å². The zero-order valence-electron chi connectivity index (χ0n) is 16.0. The molecule has 0 unspecified atom stereocenters. The molecule has 4 nitrogen and oxygen atoms in total. The average molecular weight is 392 g/mol. The van der Waals surface area contributed by atoms with Gasteiger partial charge >= 0.3 is 5.63 Å². The molecule has 0 N–H and O–H groups in total. The third-order valence-electron chi connectivity index (χ3n) is 4.97. The number of hydrogen-bond acceptors (Lipinski definition) is 5. The number of ketones is 1. The minimum absolute atomic E-state index is 0.0258. The molecule has 0 aliphatic heterocycles. The molecule has 5 heteroatoms. The largest absolute Gasteiger partial charge is 0.485 e. The van der Waals surface area contributed by atoms with Gasteiger partial charge in [0.05, 0.1) is 4.88 Å². The zero-order chi connectivity index (χ0) is 19.8. The predicted molar refractivity (Wildman–Crippen MR) is 113 cm³/mol. The number of rotatable bonds is 5. The summed E-state index contributed by atoms with van der Waals surface area (Å²) in [5, 5.41) is 1.93. The Labute approximate surface area is 166 Å². The Morgan fingerprint density at radius 3 is 2.64 bits per heavy atom. The molecule has 28 heavy (non-hydrogen) atoms. The zero-order valence-corrected chi connectivity index (χ0v) is 16.8. The highest BCUT2D eigenvalue weighted by molar-refractivity contribution is 7.21. The summed E-state index contributed by atoms with van der Waals surface area (Å²) in [4.78, 5) is 25.2. The molecule has 2 heterocycles. The molecular weight excluding hydrogens is 372 g/mol. The molecule has 0 amide bonds. The smallest absolute Gasteiger partial charge is 0.336 e. The molecular formula is C23H20O4S. The number of aryl methyl sites for hydroxylation is 3. The maximum Gasteiger partial charge on any atom is 0.336 e. The van der Waals surface area contributed by atoms with Crippen LogP contribution in [0.3, 0.4) is 0 Å². The van der Waals surface area contributed by atoms with Crippen LogP contribution in [0.4, 0.5) is 0 Å². The number of fused-ring (bicyclic) bond motifs is 2. The van der Waals surface area contributed by atoms with E-state index in [1.54, 1.807) is 0 Å². The Kier molecular flexibility index (Phi) is 4.77. The van der Waals surface area contributed by atoms with E-state index in [0.717, 1.165) is 37.0 Å². The molecule has 0 aliphatic rings. The van der Waals surface area contributed by atoms with Crippen molar-refractivity contribution in [2.24, 2.45) is 0 Å². The maximum absolute atomic E-state index is 12.8. The van der Waals surface area contributed by atoms with E-state index in [1.807, 2.05) is 57.2 Å². The van der Waals surface area contributed by atoms with E-state index in [-0.39, 0.29) is 18.0 Å². The maximum atomic E-state index is 12.8. The topological polar surface area (TPSA) is 56.5 Å². The van der Waals surface area contributed by atoms with Crippen LogP contribution >= 0.6 is 11.3 Å². The summed E-state index contributed by atoms with van der Waals surface area (Å²) >= 11 is 1.50. The number of hydrogen-bond donors (Lipinski definition) is 0. The van der Waals surface area contributed by atoms with Crippen LogP contribution < -0.4 is 10.4 Å². The van der Waals surface area contributed by atoms with E-state index in [9.17, 15) is 9.59 Å². The lowest BCUT2D eigenvalue weighted by molar-refractivity contribution is 0.0924. The lowest BCUT2D eigenvalue weighted by Gasteiger charge is -2.12. The van der Waals surface area contributed by atoms with Gasteiger partial charge in [0.15, 0.2) is 6.61 Å². The van der Waals surface area contributed by atoms with Gasteiger partial charge in [0.1, 0.15) is 11.3 Å². The summed E-state index contributed by atoms with van der Waals surface area (Å²) in [5.74, 6) is 0.622. The molecule has 2 aromatic heterocycles. The quantitative estimate of drug-likeness (QED) is 0.335. The van der Waals surface area contributed by atoms with Crippen LogP contribution in [0, 0.1) is 13.8 Å². The number of ether oxygens (including phenoxy) is 1. The van der Waals surface area contributed by atoms with E-state index in [0.29, 0.717) is 17.8 Å². The molecule has 0 atom stereocenters. The van der Waals surface area contributed by atoms with Crippen LogP contribution in [0.15, 0.2) is 51.7 Å². The van der Waals surface area contributed by atoms with Crippen molar-refractivity contribution in [3.63, 3.8) is 0 Å². The summed E-state index contributed by atoms with van der Waals surface area (Å²) in [6.45, 7) is 5.81. The van der Waals surface area contributed by atoms with Crippen molar-refractivity contribution in [1.29, 1.82) is 0 Å². The SMILES string of the molecule is CCc1cc2oc(=O)cc(C)c2cc1OCC(=O)c1sc2ccccc2c1C. The first kappa shape index (κ1) is 18.4. The molecule has 0 fully saturated rings. The summed E-state index contributed by atoms with van der Waals surface area (Å²) in [5.41, 5.74) is 2.91. The van der Waals surface area contributed by atoms with Gasteiger partial charge in [-0.15, -0.1) is 11.3 Å². The third kappa shape index (κ3) is 3.22. The summed E-state index contributed by atoms with van der Waals surface area (Å²) < 4.78 is 12.3. The minimum Gasteiger partial charge on any atom is -0.485 e. The van der Waals surface area contributed by atoms with Gasteiger partial charge in [0.25, 0.3) is 0 Å². The number of Topliss-reactive ketones (excluding diaryl/α,β-unsaturated/α-hetero) is 1. The monoisotopic (exact) mass is 392 g/mol. The fourth-order valence-electron chi connectivity index (χ4n) is 3.45. The van der Waals surface area contributed by atoms with Crippen molar-refractivity contribution in [2.75, 3.05) is 6.61 Å². The molecule has 0 saturated heterocycles. The summed E-state index contributed by atoms with van der Waals surface area (Å²) in [6, 6.07) is 13.2. The van der Waals surface area contributed by atoms with E-state index >= 15 is 0 Å². The Morgan fingerprint density at radius 1 is 1.11 bits per heavy atom. The Morgan fingerprint density at radius 2 is 1.89 bits per heavy atom. The number of benzene rings is 2. The van der Waals surface area contributed by atoms with Crippen molar-refractivity contribution in [3.05, 3.63) is 74.5 Å². The molecule has 0 bridgehead atoms. The van der Waals surface area contributed by atoms with Crippen molar-refractivity contribution in [2.45, 2.75) is 27.2 Å². The molecule has 4 rings (SSSR count). The van der Waals surface area contributed by atoms with Gasteiger partial charge in [-0.1, -0.05) is 25.1 Å². The number of carbonyl (C=O) groups excluding carboxylic acids is 1. The van der Waals surface area contributed by atoms with Crippen LogP contribution in [0.25, 0.3) is 21.1 Å². The van der Waals surface area contributed by atoms with Crippen LogP contribution in [0.2, 0.25) is 0 Å². The summed E-state index contributed by atoms with van der Waals surface area (Å²) in [6.07, 6.45) is 0.707. The second-order valence-corrected chi connectivity index (χ2v) is 7.87. The molecule has 142 valence electrons. The van der Waals surface area contributed by atoms with Gasteiger partial charge in [0, 0.05) is 16.2 Å². The molecule has 2 aromatic carbocycles. The third-order valence-corrected chi connectivity index (χ3v) is 6.28. The molecule has 0 saturated carbocycles. The highest BCUT2D eigenvalue weighted by atomic mass is 32.1. The van der Waals surface area contributed by atoms with Gasteiger partial charge in [-0.05, 0) is 60.5 Å². The molecule has 0 spiro atoms. The van der Waals surface area contributed by atoms with Crippen molar-refractivity contribution < 1.29 is 13.9 Å². The van der Waals surface area contributed by atoms with Crippen molar-refractivity contribution in [1.82, 2.24) is 0 Å². The fraction of sp³-hybridized carbons (Fsp3) is 0.217. The second kappa shape index (κ2) is 7.24. The van der Waals surface area contributed by atoms with Crippen LogP contribution in [0.1, 0.15) is 33.3 Å². The van der Waals surface area contributed by atoms with Gasteiger partial charge in [-0.25, -0.2) is 4.79 Å². The van der Waals surface area contributed by atoms with Crippen LogP contribution in [-0.2, 0) is 6.42 Å². The second-order valence-electron chi connectivity index (χ2n) is 6.82. The average Bonchev–Trinajstić information content (AvgIpc) is 3.02. The lowest BCUT2D eigenvalue weighted by Crippen LogP contribution is -2.12. The normalized spacial score (nSPS) is 11.2. The minimum atomic E-state index is -0.365. The first-order chi connectivity index (χ1) is 13.5. The number of thiophene rings is 1. The Hall–Kier alpha value is -2.92. The highest BCUT2D eigenvalue weighted by Gasteiger charge is 2.17. The first-order valence-corrected chi connectivity index (χ1v) is 10.0. The molecule has 0 aliphatic carbocycles. The number of carbonyl (C=O) groups is 1. The predicted octanol–water partition coefficient (Wildman–Crippen LogP) is 5.45. The Bertz CT molecular complexity index is 1260. The van der Waals surface area contributed by atoms with Gasteiger partial charge in [0.2, 0.25) is 5.78 Å². The molecule has 4 aromatic rings. The van der Waals surface area contributed by atoms with Crippen LogP contribution in [0.5, 0.6) is 5.75 Å². The van der Waals surface area contributed by atoms with Crippen LogP contribution in [-0.4, -0.2) is 12.4 Å². The van der Waals surface area contributed by atoms with E-state index in [4.69, 9.17) is 9.15 Å². The lowest BCUT2D eigenvalue weighted by atomic mass is 10.1. The standard InChI is InChI=1S/C23H20O4S/c1-4-15-10-20-17(13(2)9-22(25)27-20)11-19(15)26-12-18(24)23-14(3)16-7-5-6-8-21(16)28-23/h5-11H,4,12H2,1-3H3. The van der Waals surface area contributed by atoms with E-state index in [2.05, 4.69) is 0 Å². The Balaban J connectivity index is 1.65.